The van der Waals surface area contributed by atoms with Crippen LogP contribution in [0.25, 0.3) is 0 Å². The fraction of sp³-hybridized carbons (Fsp3) is 0.647. The van der Waals surface area contributed by atoms with E-state index in [1.165, 1.54) is 42.4 Å². The van der Waals surface area contributed by atoms with Gasteiger partial charge in [0.25, 0.3) is 0 Å². The minimum atomic E-state index is 0.575. The van der Waals surface area contributed by atoms with Gasteiger partial charge in [-0.2, -0.15) is 0 Å². The second kappa shape index (κ2) is 5.88. The molecule has 1 unspecified atom stereocenters. The van der Waals surface area contributed by atoms with Crippen molar-refractivity contribution in [3.05, 3.63) is 34.9 Å². The van der Waals surface area contributed by atoms with Crippen LogP contribution in [0.2, 0.25) is 0 Å². The normalized spacial score (nSPS) is 18.5. The molecule has 1 heteroatoms. The molecule has 0 radical (unpaired) electrons. The highest BCUT2D eigenvalue weighted by molar-refractivity contribution is 5.36. The van der Waals surface area contributed by atoms with E-state index in [4.69, 9.17) is 5.73 Å². The number of aryl methyl sites for hydroxylation is 1. The lowest BCUT2D eigenvalue weighted by atomic mass is 9.81. The lowest BCUT2D eigenvalue weighted by Crippen LogP contribution is -2.21. The molecule has 18 heavy (non-hydrogen) atoms. The summed E-state index contributed by atoms with van der Waals surface area (Å²) < 4.78 is 0. The first-order valence-corrected chi connectivity index (χ1v) is 7.44. The Morgan fingerprint density at radius 2 is 1.89 bits per heavy atom. The minimum Gasteiger partial charge on any atom is -0.330 e. The minimum absolute atomic E-state index is 0.575. The Kier molecular flexibility index (Phi) is 4.45. The first-order valence-electron chi connectivity index (χ1n) is 7.44. The molecule has 0 aromatic heterocycles. The molecule has 0 bridgehead atoms. The van der Waals surface area contributed by atoms with Gasteiger partial charge in [0.2, 0.25) is 0 Å². The van der Waals surface area contributed by atoms with E-state index in [9.17, 15) is 0 Å². The Bertz CT molecular complexity index is 389. The summed E-state index contributed by atoms with van der Waals surface area (Å²) in [5.74, 6) is 1.99. The van der Waals surface area contributed by atoms with Crippen molar-refractivity contribution in [3.8, 4) is 0 Å². The predicted octanol–water partition coefficient (Wildman–Crippen LogP) is 4.35. The molecule has 1 nitrogen and oxygen atoms in total. The van der Waals surface area contributed by atoms with Crippen LogP contribution in [0.3, 0.4) is 0 Å². The molecule has 1 fully saturated rings. The van der Waals surface area contributed by atoms with Crippen LogP contribution in [-0.2, 0) is 0 Å². The third-order valence-corrected chi connectivity index (χ3v) is 4.59. The van der Waals surface area contributed by atoms with Gasteiger partial charge in [0.1, 0.15) is 0 Å². The Morgan fingerprint density at radius 3 is 2.44 bits per heavy atom. The SMILES string of the molecule is Cc1ccc(C(C)C)cc1C(CN)C1CCCC1. The second-order valence-corrected chi connectivity index (χ2v) is 6.16. The van der Waals surface area contributed by atoms with Crippen molar-refractivity contribution in [2.75, 3.05) is 6.54 Å². The van der Waals surface area contributed by atoms with E-state index in [2.05, 4.69) is 39.0 Å². The van der Waals surface area contributed by atoms with Crippen molar-refractivity contribution in [3.63, 3.8) is 0 Å². The van der Waals surface area contributed by atoms with Gasteiger partial charge in [0.05, 0.1) is 0 Å². The fourth-order valence-corrected chi connectivity index (χ4v) is 3.35. The summed E-state index contributed by atoms with van der Waals surface area (Å²) in [6.45, 7) is 7.56. The molecule has 2 rings (SSSR count). The topological polar surface area (TPSA) is 26.0 Å². The molecule has 1 saturated carbocycles. The standard InChI is InChI=1S/C17H27N/c1-12(2)15-9-8-13(3)16(10-15)17(11-18)14-6-4-5-7-14/h8-10,12,14,17H,4-7,11,18H2,1-3H3. The monoisotopic (exact) mass is 245 g/mol. The molecule has 100 valence electrons. The van der Waals surface area contributed by atoms with E-state index in [0.29, 0.717) is 11.8 Å². The van der Waals surface area contributed by atoms with Gasteiger partial charge in [-0.05, 0) is 60.8 Å². The Balaban J connectivity index is 2.31. The van der Waals surface area contributed by atoms with Crippen molar-refractivity contribution in [1.29, 1.82) is 0 Å². The summed E-state index contributed by atoms with van der Waals surface area (Å²) in [5.41, 5.74) is 10.5. The van der Waals surface area contributed by atoms with E-state index in [-0.39, 0.29) is 0 Å². The Morgan fingerprint density at radius 1 is 1.22 bits per heavy atom. The van der Waals surface area contributed by atoms with Crippen LogP contribution >= 0.6 is 0 Å². The largest absolute Gasteiger partial charge is 0.330 e. The molecule has 0 amide bonds. The maximum Gasteiger partial charge on any atom is -0.000546 e. The zero-order chi connectivity index (χ0) is 13.1. The molecule has 0 aliphatic heterocycles. The van der Waals surface area contributed by atoms with Crippen molar-refractivity contribution < 1.29 is 0 Å². The molecule has 1 aromatic rings. The van der Waals surface area contributed by atoms with Gasteiger partial charge in [-0.1, -0.05) is 44.9 Å². The van der Waals surface area contributed by atoms with Gasteiger partial charge in [-0.15, -0.1) is 0 Å². The third-order valence-electron chi connectivity index (χ3n) is 4.59. The van der Waals surface area contributed by atoms with Crippen LogP contribution in [-0.4, -0.2) is 6.54 Å². The fourth-order valence-electron chi connectivity index (χ4n) is 3.35. The average Bonchev–Trinajstić information content (AvgIpc) is 2.86. The Hall–Kier alpha value is -0.820. The maximum absolute atomic E-state index is 6.08. The second-order valence-electron chi connectivity index (χ2n) is 6.16. The first-order chi connectivity index (χ1) is 8.63. The van der Waals surface area contributed by atoms with E-state index >= 15 is 0 Å². The van der Waals surface area contributed by atoms with Crippen LogP contribution in [0.1, 0.15) is 68.1 Å². The van der Waals surface area contributed by atoms with Crippen molar-refractivity contribution in [2.45, 2.75) is 58.3 Å². The average molecular weight is 245 g/mol. The number of hydrogen-bond donors (Lipinski definition) is 1. The lowest BCUT2D eigenvalue weighted by Gasteiger charge is -2.25. The summed E-state index contributed by atoms with van der Waals surface area (Å²) in [4.78, 5) is 0. The van der Waals surface area contributed by atoms with Crippen LogP contribution < -0.4 is 5.73 Å². The molecule has 0 saturated heterocycles. The molecule has 1 aliphatic rings. The zero-order valence-corrected chi connectivity index (χ0v) is 12.1. The van der Waals surface area contributed by atoms with E-state index in [1.807, 2.05) is 0 Å². The quantitative estimate of drug-likeness (QED) is 0.838. The van der Waals surface area contributed by atoms with Gasteiger partial charge in [-0.3, -0.25) is 0 Å². The van der Waals surface area contributed by atoms with Gasteiger partial charge < -0.3 is 5.73 Å². The van der Waals surface area contributed by atoms with Gasteiger partial charge in [0, 0.05) is 0 Å². The van der Waals surface area contributed by atoms with E-state index < -0.39 is 0 Å². The van der Waals surface area contributed by atoms with Crippen molar-refractivity contribution in [2.24, 2.45) is 11.7 Å². The summed E-state index contributed by atoms with van der Waals surface area (Å²) in [6, 6.07) is 6.96. The van der Waals surface area contributed by atoms with Gasteiger partial charge >= 0.3 is 0 Å². The maximum atomic E-state index is 6.08. The van der Waals surface area contributed by atoms with Crippen molar-refractivity contribution in [1.82, 2.24) is 0 Å². The van der Waals surface area contributed by atoms with E-state index in [1.54, 1.807) is 0 Å². The number of benzene rings is 1. The highest BCUT2D eigenvalue weighted by atomic mass is 14.6. The van der Waals surface area contributed by atoms with Crippen LogP contribution in [0.15, 0.2) is 18.2 Å². The predicted molar refractivity (Wildman–Crippen MR) is 79.0 cm³/mol. The zero-order valence-electron chi connectivity index (χ0n) is 12.1. The third kappa shape index (κ3) is 2.77. The molecule has 1 aromatic carbocycles. The summed E-state index contributed by atoms with van der Waals surface area (Å²) in [7, 11) is 0. The van der Waals surface area contributed by atoms with Gasteiger partial charge in [-0.25, -0.2) is 0 Å². The summed E-state index contributed by atoms with van der Waals surface area (Å²) >= 11 is 0. The van der Waals surface area contributed by atoms with Crippen LogP contribution in [0, 0.1) is 12.8 Å². The number of rotatable bonds is 4. The number of nitrogens with two attached hydrogens (primary N) is 1. The highest BCUT2D eigenvalue weighted by Crippen LogP contribution is 2.38. The Labute approximate surface area is 112 Å². The van der Waals surface area contributed by atoms with E-state index in [0.717, 1.165) is 12.5 Å². The molecular formula is C17H27N. The summed E-state index contributed by atoms with van der Waals surface area (Å²) in [5, 5.41) is 0. The first kappa shape index (κ1) is 13.6. The molecule has 0 heterocycles. The molecule has 2 N–H and O–H groups in total. The highest BCUT2D eigenvalue weighted by Gasteiger charge is 2.26. The summed E-state index contributed by atoms with van der Waals surface area (Å²) in [6.07, 6.45) is 5.52. The molecular weight excluding hydrogens is 218 g/mol. The molecule has 0 spiro atoms. The van der Waals surface area contributed by atoms with Crippen LogP contribution in [0.5, 0.6) is 0 Å². The molecule has 1 aliphatic carbocycles. The number of hydrogen-bond acceptors (Lipinski definition) is 1. The van der Waals surface area contributed by atoms with Crippen LogP contribution in [0.4, 0.5) is 0 Å². The van der Waals surface area contributed by atoms with Gasteiger partial charge in [0.15, 0.2) is 0 Å². The van der Waals surface area contributed by atoms with Crippen molar-refractivity contribution >= 4 is 0 Å². The lowest BCUT2D eigenvalue weighted by molar-refractivity contribution is 0.438. The molecule has 1 atom stereocenters. The smallest absolute Gasteiger partial charge is 0.000546 e.